The first kappa shape index (κ1) is 27.8. The van der Waals surface area contributed by atoms with E-state index in [1.807, 2.05) is 12.2 Å². The van der Waals surface area contributed by atoms with Crippen molar-refractivity contribution in [2.75, 3.05) is 12.3 Å². The summed E-state index contributed by atoms with van der Waals surface area (Å²) in [5.74, 6) is -1.67. The maximum absolute atomic E-state index is 13.3. The summed E-state index contributed by atoms with van der Waals surface area (Å²) < 4.78 is 38.2. The van der Waals surface area contributed by atoms with Gasteiger partial charge in [-0.2, -0.15) is 0 Å². The molecule has 1 saturated carbocycles. The van der Waals surface area contributed by atoms with Gasteiger partial charge in [-0.05, 0) is 75.0 Å². The van der Waals surface area contributed by atoms with Crippen LogP contribution >= 0.6 is 7.37 Å². The third-order valence-corrected chi connectivity index (χ3v) is 8.53. The number of carbonyl (C=O) groups excluding carboxylic acids is 1. The Morgan fingerprint density at radius 3 is 2.52 bits per heavy atom. The number of hydrogen-bond donors (Lipinski definition) is 3. The van der Waals surface area contributed by atoms with Gasteiger partial charge in [0.05, 0.1) is 12.2 Å². The Labute approximate surface area is 195 Å². The predicted octanol–water partition coefficient (Wildman–Crippen LogP) is 5.01. The van der Waals surface area contributed by atoms with Crippen LogP contribution in [0, 0.1) is 23.5 Å². The van der Waals surface area contributed by atoms with E-state index in [2.05, 4.69) is 0 Å². The Bertz CT molecular complexity index is 824. The molecule has 0 aliphatic heterocycles. The molecule has 186 valence electrons. The number of aryl methyl sites for hydroxylation is 1. The molecule has 5 unspecified atom stereocenters. The van der Waals surface area contributed by atoms with Crippen molar-refractivity contribution in [2.24, 2.45) is 11.8 Å². The molecule has 5 atom stereocenters. The zero-order valence-electron chi connectivity index (χ0n) is 19.3. The number of rotatable bonds is 14. The number of halogens is 2. The minimum Gasteiger partial charge on any atom is -0.393 e. The minimum absolute atomic E-state index is 0.0330. The zero-order chi connectivity index (χ0) is 24.4. The smallest absolute Gasteiger partial charge is 0.200 e. The van der Waals surface area contributed by atoms with Gasteiger partial charge in [0.25, 0.3) is 0 Å². The molecule has 1 fully saturated rings. The molecule has 0 heterocycles. The number of aliphatic hydroxyl groups is 2. The monoisotopic (exact) mass is 486 g/mol. The minimum atomic E-state index is -3.00. The van der Waals surface area contributed by atoms with Gasteiger partial charge in [0, 0.05) is 30.7 Å². The van der Waals surface area contributed by atoms with Crippen molar-refractivity contribution in [1.29, 1.82) is 0 Å². The van der Waals surface area contributed by atoms with E-state index in [1.54, 1.807) is 6.92 Å². The molecular formula is C25H37F2O5P. The Hall–Kier alpha value is -1.40. The van der Waals surface area contributed by atoms with Crippen LogP contribution in [0.15, 0.2) is 30.4 Å². The van der Waals surface area contributed by atoms with Crippen LogP contribution in [0.2, 0.25) is 0 Å². The van der Waals surface area contributed by atoms with Crippen molar-refractivity contribution in [2.45, 2.75) is 76.9 Å². The average molecular weight is 487 g/mol. The highest BCUT2D eigenvalue weighted by molar-refractivity contribution is 7.57. The maximum atomic E-state index is 13.3. The summed E-state index contributed by atoms with van der Waals surface area (Å²) in [6.07, 6.45) is 7.57. The highest BCUT2D eigenvalue weighted by Crippen LogP contribution is 2.40. The molecule has 1 aliphatic rings. The summed E-state index contributed by atoms with van der Waals surface area (Å²) in [6, 6.07) is 3.42. The second-order valence-electron chi connectivity index (χ2n) is 9.14. The highest BCUT2D eigenvalue weighted by atomic mass is 31.2. The lowest BCUT2D eigenvalue weighted by Gasteiger charge is -2.21. The van der Waals surface area contributed by atoms with Gasteiger partial charge < -0.3 is 15.1 Å². The van der Waals surface area contributed by atoms with Crippen LogP contribution in [0.3, 0.4) is 0 Å². The Morgan fingerprint density at radius 1 is 1.15 bits per heavy atom. The summed E-state index contributed by atoms with van der Waals surface area (Å²) >= 11 is 0. The predicted molar refractivity (Wildman–Crippen MR) is 125 cm³/mol. The van der Waals surface area contributed by atoms with Crippen LogP contribution in [-0.4, -0.2) is 45.4 Å². The van der Waals surface area contributed by atoms with Crippen molar-refractivity contribution in [1.82, 2.24) is 0 Å². The van der Waals surface area contributed by atoms with E-state index in [4.69, 9.17) is 0 Å². The molecule has 0 amide bonds. The van der Waals surface area contributed by atoms with Crippen LogP contribution < -0.4 is 0 Å². The number of allylic oxidation sites excluding steroid dienone is 2. The first-order chi connectivity index (χ1) is 15.6. The number of hydrogen-bond acceptors (Lipinski definition) is 4. The van der Waals surface area contributed by atoms with Crippen LogP contribution in [0.1, 0.15) is 63.9 Å². The number of unbranched alkanes of at least 4 members (excludes halogenated alkanes) is 1. The van der Waals surface area contributed by atoms with Gasteiger partial charge >= 0.3 is 0 Å². The van der Waals surface area contributed by atoms with Crippen LogP contribution in [0.4, 0.5) is 8.78 Å². The fourth-order valence-corrected chi connectivity index (χ4v) is 5.51. The van der Waals surface area contributed by atoms with E-state index in [1.165, 1.54) is 12.1 Å². The van der Waals surface area contributed by atoms with Crippen LogP contribution in [0.25, 0.3) is 0 Å². The summed E-state index contributed by atoms with van der Waals surface area (Å²) in [7, 11) is -3.00. The van der Waals surface area contributed by atoms with Gasteiger partial charge in [0.1, 0.15) is 17.4 Å². The Morgan fingerprint density at radius 2 is 1.85 bits per heavy atom. The van der Waals surface area contributed by atoms with Crippen molar-refractivity contribution in [3.8, 4) is 0 Å². The lowest BCUT2D eigenvalue weighted by molar-refractivity contribution is -0.121. The molecular weight excluding hydrogens is 449 g/mol. The number of benzene rings is 1. The van der Waals surface area contributed by atoms with Gasteiger partial charge in [0.2, 0.25) is 0 Å². The fraction of sp³-hybridized carbons (Fsp3) is 0.640. The molecule has 0 radical (unpaired) electrons. The molecule has 0 saturated heterocycles. The molecule has 1 aromatic rings. The van der Waals surface area contributed by atoms with E-state index in [0.717, 1.165) is 6.07 Å². The van der Waals surface area contributed by atoms with Gasteiger partial charge in [-0.25, -0.2) is 8.78 Å². The number of aliphatic hydroxyl groups excluding tert-OH is 2. The molecule has 8 heteroatoms. The van der Waals surface area contributed by atoms with E-state index >= 15 is 0 Å². The lowest BCUT2D eigenvalue weighted by Crippen LogP contribution is -2.22. The van der Waals surface area contributed by atoms with Gasteiger partial charge in [-0.1, -0.05) is 19.1 Å². The standard InChI is InChI=1S/C25H37F2O5P/c1-2-33(31,32)13-6-4-3-5-10-22-23(25(30)17-24(22)29)12-11-21(28)9-7-8-18-14-19(26)16-20(27)15-18/h3,5,14-16,21-23,25,28,30H,2,4,6-13,17H2,1H3,(H,31,32)/b5-3+. The van der Waals surface area contributed by atoms with E-state index < -0.39 is 31.2 Å². The van der Waals surface area contributed by atoms with Crippen molar-refractivity contribution < 1.29 is 33.2 Å². The topological polar surface area (TPSA) is 94.8 Å². The largest absolute Gasteiger partial charge is 0.393 e. The van der Waals surface area contributed by atoms with Gasteiger partial charge in [0.15, 0.2) is 7.37 Å². The average Bonchev–Trinajstić information content (AvgIpc) is 3.00. The quantitative estimate of drug-likeness (QED) is 0.195. The summed E-state index contributed by atoms with van der Waals surface area (Å²) in [4.78, 5) is 21.9. The number of ketones is 1. The molecule has 0 aromatic heterocycles. The van der Waals surface area contributed by atoms with E-state index in [-0.39, 0.29) is 30.2 Å². The van der Waals surface area contributed by atoms with Crippen molar-refractivity contribution in [3.63, 3.8) is 0 Å². The first-order valence-corrected chi connectivity index (χ1v) is 13.9. The number of carbonyl (C=O) groups is 1. The molecule has 1 aromatic carbocycles. The van der Waals surface area contributed by atoms with Gasteiger partial charge in [-0.3, -0.25) is 9.36 Å². The molecule has 3 N–H and O–H groups in total. The molecule has 1 aliphatic carbocycles. The SMILES string of the molecule is CCP(=O)(O)CCC/C=C/CC1C(=O)CC(O)C1CCC(O)CCCc1cc(F)cc(F)c1. The van der Waals surface area contributed by atoms with E-state index in [0.29, 0.717) is 63.1 Å². The molecule has 0 spiro atoms. The van der Waals surface area contributed by atoms with Crippen molar-refractivity contribution in [3.05, 3.63) is 47.5 Å². The van der Waals surface area contributed by atoms with E-state index in [9.17, 15) is 33.2 Å². The molecule has 2 rings (SSSR count). The zero-order valence-corrected chi connectivity index (χ0v) is 20.2. The lowest BCUT2D eigenvalue weighted by atomic mass is 9.86. The van der Waals surface area contributed by atoms with Gasteiger partial charge in [-0.15, -0.1) is 0 Å². The highest BCUT2D eigenvalue weighted by Gasteiger charge is 2.40. The normalized spacial score (nSPS) is 23.8. The molecule has 33 heavy (non-hydrogen) atoms. The summed E-state index contributed by atoms with van der Waals surface area (Å²) in [5.41, 5.74) is 0.555. The maximum Gasteiger partial charge on any atom is 0.200 e. The first-order valence-electron chi connectivity index (χ1n) is 11.9. The van der Waals surface area contributed by atoms with Crippen LogP contribution in [0.5, 0.6) is 0 Å². The fourth-order valence-electron chi connectivity index (χ4n) is 4.52. The summed E-state index contributed by atoms with van der Waals surface area (Å²) in [6.45, 7) is 1.70. The second-order valence-corrected chi connectivity index (χ2v) is 11.9. The van der Waals surface area contributed by atoms with Crippen LogP contribution in [-0.2, 0) is 15.8 Å². The Balaban J connectivity index is 1.73. The Kier molecular flexibility index (Phi) is 11.4. The third-order valence-electron chi connectivity index (χ3n) is 6.52. The molecule has 0 bridgehead atoms. The number of Topliss-reactive ketones (excluding diaryl/α,β-unsaturated/α-hetero) is 1. The molecule has 5 nitrogen and oxygen atoms in total. The third kappa shape index (κ3) is 9.78. The second kappa shape index (κ2) is 13.5. The van der Waals surface area contributed by atoms with Crippen molar-refractivity contribution >= 4 is 13.2 Å². The summed E-state index contributed by atoms with van der Waals surface area (Å²) in [5, 5.41) is 20.6.